The molecule has 0 aromatic heterocycles. The average molecular weight is 274 g/mol. The molecule has 0 aliphatic heterocycles. The second-order valence-electron chi connectivity index (χ2n) is 6.29. The molecule has 3 unspecified atom stereocenters. The van der Waals surface area contributed by atoms with Crippen LogP contribution in [0, 0.1) is 0 Å². The van der Waals surface area contributed by atoms with E-state index in [9.17, 15) is 0 Å². The van der Waals surface area contributed by atoms with Gasteiger partial charge in [-0.1, -0.05) is 45.0 Å². The first kappa shape index (κ1) is 15.5. The van der Waals surface area contributed by atoms with Crippen LogP contribution in [-0.2, 0) is 0 Å². The van der Waals surface area contributed by atoms with Crippen molar-refractivity contribution in [3.63, 3.8) is 0 Å². The summed E-state index contributed by atoms with van der Waals surface area (Å²) in [6.45, 7) is 13.7. The predicted molar refractivity (Wildman–Crippen MR) is 87.2 cm³/mol. The second-order valence-corrected chi connectivity index (χ2v) is 6.29. The zero-order chi connectivity index (χ0) is 14.7. The van der Waals surface area contributed by atoms with Gasteiger partial charge in [0.15, 0.2) is 0 Å². The SMILES string of the molecule is CCNC1c2ccccc2C(C)CC1N(CC)C(C)C. The van der Waals surface area contributed by atoms with E-state index in [0.717, 1.165) is 13.1 Å². The number of likely N-dealkylation sites (N-methyl/N-ethyl adjacent to an activating group) is 2. The van der Waals surface area contributed by atoms with Crippen molar-refractivity contribution in [1.29, 1.82) is 0 Å². The molecule has 3 atom stereocenters. The maximum atomic E-state index is 3.74. The average Bonchev–Trinajstić information content (AvgIpc) is 2.43. The lowest BCUT2D eigenvalue weighted by atomic mass is 9.77. The van der Waals surface area contributed by atoms with Crippen LogP contribution in [0.25, 0.3) is 0 Å². The van der Waals surface area contributed by atoms with Gasteiger partial charge in [-0.05, 0) is 50.4 Å². The zero-order valence-corrected chi connectivity index (χ0v) is 13.7. The number of nitrogens with one attached hydrogen (secondary N) is 1. The van der Waals surface area contributed by atoms with Gasteiger partial charge in [0, 0.05) is 18.1 Å². The molecule has 2 heteroatoms. The zero-order valence-electron chi connectivity index (χ0n) is 13.7. The summed E-state index contributed by atoms with van der Waals surface area (Å²) in [5.41, 5.74) is 3.05. The Bertz CT molecular complexity index is 427. The Balaban J connectivity index is 2.38. The fourth-order valence-electron chi connectivity index (χ4n) is 3.85. The van der Waals surface area contributed by atoms with Crippen LogP contribution in [0.1, 0.15) is 64.1 Å². The molecule has 2 nitrogen and oxygen atoms in total. The van der Waals surface area contributed by atoms with Crippen molar-refractivity contribution in [1.82, 2.24) is 10.2 Å². The molecule has 20 heavy (non-hydrogen) atoms. The van der Waals surface area contributed by atoms with E-state index in [4.69, 9.17) is 0 Å². The lowest BCUT2D eigenvalue weighted by molar-refractivity contribution is 0.107. The van der Waals surface area contributed by atoms with E-state index >= 15 is 0 Å². The molecule has 0 radical (unpaired) electrons. The van der Waals surface area contributed by atoms with Gasteiger partial charge in [0.25, 0.3) is 0 Å². The molecule has 1 N–H and O–H groups in total. The largest absolute Gasteiger partial charge is 0.309 e. The fourth-order valence-corrected chi connectivity index (χ4v) is 3.85. The van der Waals surface area contributed by atoms with Gasteiger partial charge in [-0.25, -0.2) is 0 Å². The summed E-state index contributed by atoms with van der Waals surface area (Å²) in [6.07, 6.45) is 1.25. The minimum Gasteiger partial charge on any atom is -0.309 e. The van der Waals surface area contributed by atoms with Crippen molar-refractivity contribution in [2.24, 2.45) is 0 Å². The first-order chi connectivity index (χ1) is 9.60. The highest BCUT2D eigenvalue weighted by Gasteiger charge is 2.36. The molecule has 0 saturated heterocycles. The van der Waals surface area contributed by atoms with Crippen LogP contribution >= 0.6 is 0 Å². The Hall–Kier alpha value is -0.860. The maximum absolute atomic E-state index is 3.74. The Morgan fingerprint density at radius 2 is 1.85 bits per heavy atom. The molecule has 0 spiro atoms. The van der Waals surface area contributed by atoms with Crippen LogP contribution in [0.3, 0.4) is 0 Å². The van der Waals surface area contributed by atoms with E-state index in [1.54, 1.807) is 0 Å². The quantitative estimate of drug-likeness (QED) is 0.875. The minimum absolute atomic E-state index is 0.467. The normalized spacial score (nSPS) is 26.1. The first-order valence-electron chi connectivity index (χ1n) is 8.18. The summed E-state index contributed by atoms with van der Waals surface area (Å²) in [6, 6.07) is 10.7. The van der Waals surface area contributed by atoms with Gasteiger partial charge in [-0.2, -0.15) is 0 Å². The van der Waals surface area contributed by atoms with Gasteiger partial charge in [-0.3, -0.25) is 4.90 Å². The van der Waals surface area contributed by atoms with E-state index in [2.05, 4.69) is 69.1 Å². The second kappa shape index (κ2) is 6.73. The van der Waals surface area contributed by atoms with Crippen molar-refractivity contribution in [3.05, 3.63) is 35.4 Å². The standard InChI is InChI=1S/C18H30N2/c1-6-19-18-16-11-9-8-10-15(16)14(5)12-17(18)20(7-2)13(3)4/h8-11,13-14,17-19H,6-7,12H2,1-5H3. The molecule has 2 rings (SSSR count). The van der Waals surface area contributed by atoms with E-state index < -0.39 is 0 Å². The van der Waals surface area contributed by atoms with Gasteiger partial charge in [0.05, 0.1) is 0 Å². The first-order valence-corrected chi connectivity index (χ1v) is 8.18. The van der Waals surface area contributed by atoms with Gasteiger partial charge in [0.2, 0.25) is 0 Å². The van der Waals surface area contributed by atoms with Crippen LogP contribution in [0.2, 0.25) is 0 Å². The van der Waals surface area contributed by atoms with E-state index in [1.807, 2.05) is 0 Å². The highest BCUT2D eigenvalue weighted by atomic mass is 15.2. The summed E-state index contributed by atoms with van der Waals surface area (Å²) < 4.78 is 0. The van der Waals surface area contributed by atoms with Crippen molar-refractivity contribution in [2.75, 3.05) is 13.1 Å². The summed E-state index contributed by atoms with van der Waals surface area (Å²) >= 11 is 0. The number of hydrogen-bond donors (Lipinski definition) is 1. The fraction of sp³-hybridized carbons (Fsp3) is 0.667. The molecule has 1 aromatic carbocycles. The van der Waals surface area contributed by atoms with E-state index in [1.165, 1.54) is 17.5 Å². The van der Waals surface area contributed by atoms with Crippen LogP contribution < -0.4 is 5.32 Å². The molecule has 112 valence electrons. The van der Waals surface area contributed by atoms with Gasteiger partial charge < -0.3 is 5.32 Å². The van der Waals surface area contributed by atoms with Gasteiger partial charge in [0.1, 0.15) is 0 Å². The molecule has 0 amide bonds. The highest BCUT2D eigenvalue weighted by Crippen LogP contribution is 2.40. The van der Waals surface area contributed by atoms with Crippen LogP contribution in [-0.4, -0.2) is 30.1 Å². The molecule has 0 saturated carbocycles. The van der Waals surface area contributed by atoms with Crippen LogP contribution in [0.5, 0.6) is 0 Å². The topological polar surface area (TPSA) is 15.3 Å². The van der Waals surface area contributed by atoms with Crippen LogP contribution in [0.15, 0.2) is 24.3 Å². The Kier molecular flexibility index (Phi) is 5.22. The summed E-state index contributed by atoms with van der Waals surface area (Å²) in [5.74, 6) is 0.652. The number of rotatable bonds is 5. The number of fused-ring (bicyclic) bond motifs is 1. The number of hydrogen-bond acceptors (Lipinski definition) is 2. The Morgan fingerprint density at radius 1 is 1.20 bits per heavy atom. The molecular weight excluding hydrogens is 244 g/mol. The van der Waals surface area contributed by atoms with Crippen molar-refractivity contribution in [3.8, 4) is 0 Å². The Morgan fingerprint density at radius 3 is 2.40 bits per heavy atom. The third-order valence-electron chi connectivity index (χ3n) is 4.72. The Labute approximate surface area is 124 Å². The summed E-state index contributed by atoms with van der Waals surface area (Å²) in [5, 5.41) is 3.74. The molecule has 1 aliphatic carbocycles. The van der Waals surface area contributed by atoms with E-state index in [0.29, 0.717) is 24.0 Å². The molecule has 0 heterocycles. The monoisotopic (exact) mass is 274 g/mol. The van der Waals surface area contributed by atoms with Gasteiger partial charge >= 0.3 is 0 Å². The van der Waals surface area contributed by atoms with E-state index in [-0.39, 0.29) is 0 Å². The van der Waals surface area contributed by atoms with Crippen molar-refractivity contribution >= 4 is 0 Å². The maximum Gasteiger partial charge on any atom is 0.0481 e. The smallest absolute Gasteiger partial charge is 0.0481 e. The third kappa shape index (κ3) is 2.91. The summed E-state index contributed by atoms with van der Waals surface area (Å²) in [4.78, 5) is 2.65. The van der Waals surface area contributed by atoms with Gasteiger partial charge in [-0.15, -0.1) is 0 Å². The van der Waals surface area contributed by atoms with Crippen molar-refractivity contribution < 1.29 is 0 Å². The molecule has 1 aliphatic rings. The lowest BCUT2D eigenvalue weighted by Gasteiger charge is -2.45. The lowest BCUT2D eigenvalue weighted by Crippen LogP contribution is -2.50. The number of nitrogens with zero attached hydrogens (tertiary/aromatic N) is 1. The number of benzene rings is 1. The molecule has 0 fully saturated rings. The predicted octanol–water partition coefficient (Wildman–Crippen LogP) is 3.94. The van der Waals surface area contributed by atoms with Crippen LogP contribution in [0.4, 0.5) is 0 Å². The third-order valence-corrected chi connectivity index (χ3v) is 4.72. The molecule has 1 aromatic rings. The van der Waals surface area contributed by atoms with Crippen molar-refractivity contribution in [2.45, 2.75) is 65.1 Å². The molecular formula is C18H30N2. The highest BCUT2D eigenvalue weighted by molar-refractivity contribution is 5.36. The minimum atomic E-state index is 0.467. The summed E-state index contributed by atoms with van der Waals surface area (Å²) in [7, 11) is 0. The molecule has 0 bridgehead atoms.